The molecule has 0 saturated carbocycles. The molecule has 30 heavy (non-hydrogen) atoms. The third kappa shape index (κ3) is 3.07. The minimum Gasteiger partial charge on any atom is -0.497 e. The fourth-order valence-corrected chi connectivity index (χ4v) is 4.35. The summed E-state index contributed by atoms with van der Waals surface area (Å²) >= 11 is 0. The fraction of sp³-hybridized carbons (Fsp3) is 0.304. The topological polar surface area (TPSA) is 91.9 Å². The van der Waals surface area contributed by atoms with E-state index >= 15 is 0 Å². The van der Waals surface area contributed by atoms with Gasteiger partial charge in [-0.25, -0.2) is 4.79 Å². The molecule has 156 valence electrons. The molecule has 2 N–H and O–H groups in total. The number of nitrogens with zero attached hydrogens (tertiary/aromatic N) is 1. The quantitative estimate of drug-likeness (QED) is 0.674. The van der Waals surface area contributed by atoms with Gasteiger partial charge in [-0.3, -0.25) is 4.79 Å². The van der Waals surface area contributed by atoms with E-state index in [0.717, 1.165) is 22.2 Å². The van der Waals surface area contributed by atoms with E-state index in [2.05, 4.69) is 4.98 Å². The highest BCUT2D eigenvalue weighted by atomic mass is 16.5. The Kier molecular flexibility index (Phi) is 5.11. The molecule has 2 heterocycles. The number of benzene rings is 2. The lowest BCUT2D eigenvalue weighted by Gasteiger charge is -2.40. The molecular weight excluding hydrogens is 384 g/mol. The van der Waals surface area contributed by atoms with Crippen molar-refractivity contribution in [2.45, 2.75) is 31.8 Å². The summed E-state index contributed by atoms with van der Waals surface area (Å²) in [5, 5.41) is 11.0. The number of ether oxygens (including phenoxy) is 2. The average Bonchev–Trinajstić information content (AvgIpc) is 3.15. The summed E-state index contributed by atoms with van der Waals surface area (Å²) < 4.78 is 11.0. The molecule has 7 nitrogen and oxygen atoms in total. The van der Waals surface area contributed by atoms with Crippen molar-refractivity contribution >= 4 is 22.8 Å². The Balaban J connectivity index is 2.04. The van der Waals surface area contributed by atoms with Crippen molar-refractivity contribution in [2.24, 2.45) is 0 Å². The molecule has 3 aromatic rings. The number of methoxy groups -OCH3 is 2. The van der Waals surface area contributed by atoms with Gasteiger partial charge in [0.15, 0.2) is 0 Å². The van der Waals surface area contributed by atoms with Crippen molar-refractivity contribution in [3.63, 3.8) is 0 Å². The summed E-state index contributed by atoms with van der Waals surface area (Å²) in [6, 6.07) is 11.5. The number of aromatic nitrogens is 1. The maximum absolute atomic E-state index is 13.0. The van der Waals surface area contributed by atoms with Crippen LogP contribution < -0.4 is 9.47 Å². The van der Waals surface area contributed by atoms with E-state index in [0.29, 0.717) is 17.1 Å². The number of rotatable bonds is 5. The van der Waals surface area contributed by atoms with Crippen molar-refractivity contribution < 1.29 is 24.2 Å². The van der Waals surface area contributed by atoms with Gasteiger partial charge in [0.05, 0.1) is 14.2 Å². The Morgan fingerprint density at radius 2 is 1.93 bits per heavy atom. The number of carbonyl (C=O) groups excluding carboxylic acids is 1. The number of carbonyl (C=O) groups is 2. The molecule has 2 aromatic carbocycles. The van der Waals surface area contributed by atoms with Crippen LogP contribution >= 0.6 is 0 Å². The monoisotopic (exact) mass is 408 g/mol. The number of carboxylic acids is 1. The molecule has 0 saturated heterocycles. The first-order chi connectivity index (χ1) is 14.5. The molecule has 2 atom stereocenters. The van der Waals surface area contributed by atoms with Crippen LogP contribution in [-0.4, -0.2) is 47.1 Å². The molecule has 1 aliphatic heterocycles. The Bertz CT molecular complexity index is 1120. The van der Waals surface area contributed by atoms with E-state index in [1.165, 1.54) is 4.90 Å². The van der Waals surface area contributed by atoms with E-state index in [-0.39, 0.29) is 18.7 Å². The van der Waals surface area contributed by atoms with Crippen LogP contribution in [0.5, 0.6) is 11.5 Å². The van der Waals surface area contributed by atoms with Gasteiger partial charge >= 0.3 is 5.97 Å². The Labute approximate surface area is 174 Å². The molecule has 1 aliphatic rings. The van der Waals surface area contributed by atoms with Gasteiger partial charge in [-0.2, -0.15) is 0 Å². The zero-order valence-electron chi connectivity index (χ0n) is 17.1. The van der Waals surface area contributed by atoms with E-state index in [4.69, 9.17) is 9.47 Å². The molecule has 0 aliphatic carbocycles. The Morgan fingerprint density at radius 1 is 1.17 bits per heavy atom. The van der Waals surface area contributed by atoms with E-state index in [1.807, 2.05) is 24.3 Å². The van der Waals surface area contributed by atoms with Crippen LogP contribution in [0, 0.1) is 0 Å². The van der Waals surface area contributed by atoms with Crippen LogP contribution in [0.25, 0.3) is 10.9 Å². The number of aromatic amines is 1. The molecule has 0 spiro atoms. The summed E-state index contributed by atoms with van der Waals surface area (Å²) in [5.74, 6) is -0.101. The van der Waals surface area contributed by atoms with Crippen molar-refractivity contribution in [1.82, 2.24) is 9.88 Å². The van der Waals surface area contributed by atoms with Crippen molar-refractivity contribution in [1.29, 1.82) is 0 Å². The van der Waals surface area contributed by atoms with Gasteiger partial charge in [0, 0.05) is 35.0 Å². The van der Waals surface area contributed by atoms with Gasteiger partial charge in [-0.15, -0.1) is 0 Å². The number of aliphatic carboxylic acids is 1. The molecule has 0 radical (unpaired) electrons. The average molecular weight is 408 g/mol. The minimum absolute atomic E-state index is 0.197. The molecular formula is C23H24N2O5. The molecule has 0 fully saturated rings. The molecule has 1 amide bonds. The standard InChI is InChI=1S/C23H24N2O5/c1-4-20(26)25-18(23(27)28)12-15-14-7-5-6-8-17(14)24-21(15)22(25)16-11-13(29-2)9-10-19(16)30-3/h5-11,18,22,24H,4,12H2,1-3H3,(H,27,28)/t18-,22-/m0/s1. The highest BCUT2D eigenvalue weighted by molar-refractivity contribution is 5.90. The summed E-state index contributed by atoms with van der Waals surface area (Å²) in [4.78, 5) is 30.2. The van der Waals surface area contributed by atoms with Crippen LogP contribution in [0.4, 0.5) is 0 Å². The third-order valence-electron chi connectivity index (χ3n) is 5.74. The highest BCUT2D eigenvalue weighted by Gasteiger charge is 2.44. The van der Waals surface area contributed by atoms with Crippen LogP contribution in [0.1, 0.15) is 36.2 Å². The first-order valence-electron chi connectivity index (χ1n) is 9.85. The number of para-hydroxylation sites is 1. The van der Waals surface area contributed by atoms with E-state index in [1.54, 1.807) is 39.3 Å². The minimum atomic E-state index is -1.03. The smallest absolute Gasteiger partial charge is 0.326 e. The maximum atomic E-state index is 13.0. The summed E-state index contributed by atoms with van der Waals surface area (Å²) in [5.41, 5.74) is 3.30. The lowest BCUT2D eigenvalue weighted by Crippen LogP contribution is -2.51. The van der Waals surface area contributed by atoms with Gasteiger partial charge < -0.3 is 24.5 Å². The Hall–Kier alpha value is -3.48. The maximum Gasteiger partial charge on any atom is 0.326 e. The van der Waals surface area contributed by atoms with E-state index in [9.17, 15) is 14.7 Å². The summed E-state index contributed by atoms with van der Waals surface area (Å²) in [6.07, 6.45) is 0.436. The second-order valence-electron chi connectivity index (χ2n) is 7.29. The third-order valence-corrected chi connectivity index (χ3v) is 5.74. The van der Waals surface area contributed by atoms with Crippen LogP contribution in [-0.2, 0) is 16.0 Å². The molecule has 7 heteroatoms. The summed E-state index contributed by atoms with van der Waals surface area (Å²) in [7, 11) is 3.12. The van der Waals surface area contributed by atoms with Gasteiger partial charge in [-0.05, 0) is 29.8 Å². The first-order valence-corrected chi connectivity index (χ1v) is 9.85. The molecule has 0 unspecified atom stereocenters. The zero-order chi connectivity index (χ0) is 21.4. The SMILES string of the molecule is CCC(=O)N1[C@@H](c2cc(OC)ccc2OC)c2[nH]c3ccccc3c2C[C@H]1C(=O)O. The molecule has 0 bridgehead atoms. The lowest BCUT2D eigenvalue weighted by atomic mass is 9.87. The Morgan fingerprint density at radius 3 is 2.60 bits per heavy atom. The lowest BCUT2D eigenvalue weighted by molar-refractivity contribution is -0.152. The number of H-pyrrole nitrogens is 1. The number of carboxylic acid groups (broad SMARTS) is 1. The number of nitrogens with one attached hydrogen (secondary N) is 1. The predicted octanol–water partition coefficient (Wildman–Crippen LogP) is 3.52. The molecule has 1 aromatic heterocycles. The van der Waals surface area contributed by atoms with Crippen LogP contribution in [0.2, 0.25) is 0 Å². The van der Waals surface area contributed by atoms with E-state index < -0.39 is 18.1 Å². The van der Waals surface area contributed by atoms with Gasteiger partial charge in [-0.1, -0.05) is 25.1 Å². The number of amides is 1. The predicted molar refractivity (Wildman–Crippen MR) is 112 cm³/mol. The highest BCUT2D eigenvalue weighted by Crippen LogP contribution is 2.44. The van der Waals surface area contributed by atoms with Gasteiger partial charge in [0.1, 0.15) is 23.6 Å². The number of hydrogen-bond donors (Lipinski definition) is 2. The van der Waals surface area contributed by atoms with Crippen molar-refractivity contribution in [2.75, 3.05) is 14.2 Å². The van der Waals surface area contributed by atoms with Gasteiger partial charge in [0.2, 0.25) is 5.91 Å². The normalized spacial score (nSPS) is 18.2. The van der Waals surface area contributed by atoms with Crippen molar-refractivity contribution in [3.8, 4) is 11.5 Å². The molecule has 4 rings (SSSR count). The largest absolute Gasteiger partial charge is 0.497 e. The van der Waals surface area contributed by atoms with Crippen LogP contribution in [0.3, 0.4) is 0 Å². The summed E-state index contributed by atoms with van der Waals surface area (Å²) in [6.45, 7) is 1.74. The second kappa shape index (κ2) is 7.74. The van der Waals surface area contributed by atoms with Gasteiger partial charge in [0.25, 0.3) is 0 Å². The second-order valence-corrected chi connectivity index (χ2v) is 7.29. The van der Waals surface area contributed by atoms with Crippen molar-refractivity contribution in [3.05, 3.63) is 59.3 Å². The fourth-order valence-electron chi connectivity index (χ4n) is 4.35. The van der Waals surface area contributed by atoms with Crippen LogP contribution in [0.15, 0.2) is 42.5 Å². The number of hydrogen-bond acceptors (Lipinski definition) is 4. The number of fused-ring (bicyclic) bond motifs is 3. The zero-order valence-corrected chi connectivity index (χ0v) is 17.1. The first kappa shape index (κ1) is 19.8.